The number of hydrogen-bond donors (Lipinski definition) is 2. The van der Waals surface area contributed by atoms with Crippen LogP contribution in [0.2, 0.25) is 0 Å². The first-order valence-corrected chi connectivity index (χ1v) is 11.6. The quantitative estimate of drug-likeness (QED) is 0.626. The molecule has 3 rings (SSSR count). The van der Waals surface area contributed by atoms with Crippen LogP contribution in [0.25, 0.3) is 0 Å². The van der Waals surface area contributed by atoms with Crippen LogP contribution in [0.5, 0.6) is 5.75 Å². The normalized spacial score (nSPS) is 23.5. The van der Waals surface area contributed by atoms with E-state index in [4.69, 9.17) is 9.47 Å². The highest BCUT2D eigenvalue weighted by atomic mass is 16.5. The smallest absolute Gasteiger partial charge is 0.319 e. The second kappa shape index (κ2) is 11.4. The van der Waals surface area contributed by atoms with Gasteiger partial charge in [0, 0.05) is 37.8 Å². The van der Waals surface area contributed by atoms with E-state index >= 15 is 0 Å². The predicted octanol–water partition coefficient (Wildman–Crippen LogP) is 3.92. The highest BCUT2D eigenvalue weighted by Crippen LogP contribution is 2.39. The molecule has 3 amide bonds. The molecule has 7 heteroatoms. The van der Waals surface area contributed by atoms with Gasteiger partial charge >= 0.3 is 6.03 Å². The minimum absolute atomic E-state index is 0.225. The summed E-state index contributed by atoms with van der Waals surface area (Å²) < 4.78 is 10.6. The third kappa shape index (κ3) is 6.48. The maximum absolute atomic E-state index is 12.8. The van der Waals surface area contributed by atoms with E-state index < -0.39 is 0 Å². The summed E-state index contributed by atoms with van der Waals surface area (Å²) in [6.07, 6.45) is 3.80. The number of rotatable bonds is 7. The van der Waals surface area contributed by atoms with Crippen LogP contribution in [0.1, 0.15) is 33.6 Å². The number of ether oxygens (including phenoxy) is 2. The van der Waals surface area contributed by atoms with E-state index in [1.165, 1.54) is 5.57 Å². The van der Waals surface area contributed by atoms with Gasteiger partial charge in [0.25, 0.3) is 0 Å². The number of carbonyl (C=O) groups is 2. The Kier molecular flexibility index (Phi) is 8.56. The molecule has 0 aromatic heterocycles. The van der Waals surface area contributed by atoms with Gasteiger partial charge in [0.05, 0.1) is 20.3 Å². The lowest BCUT2D eigenvalue weighted by molar-refractivity contribution is -0.136. The summed E-state index contributed by atoms with van der Waals surface area (Å²) in [5.74, 6) is 2.32. The van der Waals surface area contributed by atoms with E-state index in [0.717, 1.165) is 6.42 Å². The molecule has 2 aliphatic rings. The molecule has 3 atom stereocenters. The maximum Gasteiger partial charge on any atom is 0.319 e. The number of hydrogen-bond acceptors (Lipinski definition) is 4. The van der Waals surface area contributed by atoms with E-state index in [1.807, 2.05) is 23.1 Å². The molecule has 1 fully saturated rings. The summed E-state index contributed by atoms with van der Waals surface area (Å²) >= 11 is 0. The number of morpholine rings is 1. The topological polar surface area (TPSA) is 79.9 Å². The van der Waals surface area contributed by atoms with Gasteiger partial charge in [-0.25, -0.2) is 4.79 Å². The SMILES string of the molecule is COc1cccc(NC(=O)NC[C@@H]2C=C(C)[C@H](CC(=O)N3CCOCC3)C[C@H]2C(C)C)c1. The van der Waals surface area contributed by atoms with Crippen LogP contribution < -0.4 is 15.4 Å². The third-order valence-corrected chi connectivity index (χ3v) is 6.69. The predicted molar refractivity (Wildman–Crippen MR) is 126 cm³/mol. The van der Waals surface area contributed by atoms with Crippen molar-refractivity contribution >= 4 is 17.6 Å². The number of benzene rings is 1. The highest BCUT2D eigenvalue weighted by Gasteiger charge is 2.33. The number of anilines is 1. The zero-order valence-corrected chi connectivity index (χ0v) is 19.7. The molecule has 1 aromatic carbocycles. The molecule has 0 radical (unpaired) electrons. The Morgan fingerprint density at radius 3 is 2.69 bits per heavy atom. The van der Waals surface area contributed by atoms with Crippen molar-refractivity contribution in [3.8, 4) is 5.75 Å². The molecule has 0 saturated carbocycles. The molecule has 176 valence electrons. The molecule has 0 unspecified atom stereocenters. The van der Waals surface area contributed by atoms with Crippen molar-refractivity contribution in [3.05, 3.63) is 35.9 Å². The Hall–Kier alpha value is -2.54. The first-order chi connectivity index (χ1) is 15.4. The van der Waals surface area contributed by atoms with Crippen LogP contribution in [0.4, 0.5) is 10.5 Å². The molecule has 7 nitrogen and oxygen atoms in total. The highest BCUT2D eigenvalue weighted by molar-refractivity contribution is 5.89. The van der Waals surface area contributed by atoms with Crippen molar-refractivity contribution < 1.29 is 19.1 Å². The fraction of sp³-hybridized carbons (Fsp3) is 0.600. The fourth-order valence-electron chi connectivity index (χ4n) is 4.75. The van der Waals surface area contributed by atoms with Gasteiger partial charge in [-0.05, 0) is 49.1 Å². The molecular formula is C25H37N3O4. The monoisotopic (exact) mass is 443 g/mol. The second-order valence-electron chi connectivity index (χ2n) is 9.18. The molecule has 1 aromatic rings. The molecule has 32 heavy (non-hydrogen) atoms. The first-order valence-electron chi connectivity index (χ1n) is 11.6. The summed E-state index contributed by atoms with van der Waals surface area (Å²) in [4.78, 5) is 27.2. The molecule has 1 saturated heterocycles. The molecule has 0 spiro atoms. The zero-order valence-electron chi connectivity index (χ0n) is 19.7. The summed E-state index contributed by atoms with van der Waals surface area (Å²) in [5, 5.41) is 5.90. The average Bonchev–Trinajstić information content (AvgIpc) is 2.79. The summed E-state index contributed by atoms with van der Waals surface area (Å²) in [6, 6.07) is 7.08. The van der Waals surface area contributed by atoms with Crippen molar-refractivity contribution in [1.82, 2.24) is 10.2 Å². The van der Waals surface area contributed by atoms with Crippen molar-refractivity contribution in [1.29, 1.82) is 0 Å². The van der Waals surface area contributed by atoms with E-state index in [2.05, 4.69) is 37.5 Å². The Bertz CT molecular complexity index is 817. The lowest BCUT2D eigenvalue weighted by atomic mass is 9.69. The van der Waals surface area contributed by atoms with E-state index in [9.17, 15) is 9.59 Å². The van der Waals surface area contributed by atoms with Crippen LogP contribution in [-0.2, 0) is 9.53 Å². The molecule has 0 bridgehead atoms. The number of nitrogens with one attached hydrogen (secondary N) is 2. The second-order valence-corrected chi connectivity index (χ2v) is 9.18. The molecule has 1 aliphatic heterocycles. The summed E-state index contributed by atoms with van der Waals surface area (Å²) in [6.45, 7) is 9.79. The number of carbonyl (C=O) groups excluding carboxylic acids is 2. The number of allylic oxidation sites excluding steroid dienone is 1. The van der Waals surface area contributed by atoms with Crippen LogP contribution in [0, 0.1) is 23.7 Å². The fourth-order valence-corrected chi connectivity index (χ4v) is 4.75. The minimum atomic E-state index is -0.226. The van der Waals surface area contributed by atoms with Crippen molar-refractivity contribution in [2.24, 2.45) is 23.7 Å². The zero-order chi connectivity index (χ0) is 23.1. The maximum atomic E-state index is 12.8. The summed E-state index contributed by atoms with van der Waals surface area (Å²) in [5.41, 5.74) is 1.95. The first kappa shape index (κ1) is 24.1. The van der Waals surface area contributed by atoms with Crippen molar-refractivity contribution in [2.75, 3.05) is 45.3 Å². The van der Waals surface area contributed by atoms with Crippen LogP contribution in [0.15, 0.2) is 35.9 Å². The van der Waals surface area contributed by atoms with Crippen molar-refractivity contribution in [3.63, 3.8) is 0 Å². The minimum Gasteiger partial charge on any atom is -0.497 e. The van der Waals surface area contributed by atoms with E-state index in [1.54, 1.807) is 13.2 Å². The standard InChI is InChI=1S/C25H37N3O4/c1-17(2)23-13-19(14-24(29)28-8-10-32-11-9-28)18(3)12-20(23)16-26-25(30)27-21-6-5-7-22(15-21)31-4/h5-7,12,15,17,19-20,23H,8-11,13-14,16H2,1-4H3,(H2,26,27,30)/t19-,20-,23-/m0/s1. The third-order valence-electron chi connectivity index (χ3n) is 6.69. The van der Waals surface area contributed by atoms with Gasteiger partial charge < -0.3 is 25.0 Å². The van der Waals surface area contributed by atoms with Crippen molar-refractivity contribution in [2.45, 2.75) is 33.6 Å². The van der Waals surface area contributed by atoms with Crippen LogP contribution in [0.3, 0.4) is 0 Å². The Morgan fingerprint density at radius 2 is 2.00 bits per heavy atom. The molecule has 2 N–H and O–H groups in total. The Morgan fingerprint density at radius 1 is 1.25 bits per heavy atom. The lowest BCUT2D eigenvalue weighted by Crippen LogP contribution is -2.42. The lowest BCUT2D eigenvalue weighted by Gasteiger charge is -2.38. The number of nitrogens with zero attached hydrogens (tertiary/aromatic N) is 1. The van der Waals surface area contributed by atoms with Gasteiger partial charge in [-0.15, -0.1) is 0 Å². The number of methoxy groups -OCH3 is 1. The molecular weight excluding hydrogens is 406 g/mol. The van der Waals surface area contributed by atoms with E-state index in [0.29, 0.717) is 62.5 Å². The van der Waals surface area contributed by atoms with Gasteiger partial charge in [-0.2, -0.15) is 0 Å². The van der Waals surface area contributed by atoms with Gasteiger partial charge in [-0.1, -0.05) is 31.6 Å². The van der Waals surface area contributed by atoms with Gasteiger partial charge in [-0.3, -0.25) is 4.79 Å². The van der Waals surface area contributed by atoms with Crippen LogP contribution in [-0.4, -0.2) is 56.8 Å². The van der Waals surface area contributed by atoms with Gasteiger partial charge in [0.15, 0.2) is 0 Å². The van der Waals surface area contributed by atoms with Gasteiger partial charge in [0.1, 0.15) is 5.75 Å². The number of urea groups is 1. The van der Waals surface area contributed by atoms with Gasteiger partial charge in [0.2, 0.25) is 5.91 Å². The average molecular weight is 444 g/mol. The number of amides is 3. The van der Waals surface area contributed by atoms with Crippen LogP contribution >= 0.6 is 0 Å². The Balaban J connectivity index is 1.58. The Labute approximate surface area is 191 Å². The largest absolute Gasteiger partial charge is 0.497 e. The molecule has 1 aliphatic carbocycles. The van der Waals surface area contributed by atoms with E-state index in [-0.39, 0.29) is 23.8 Å². The molecule has 1 heterocycles. The summed E-state index contributed by atoms with van der Waals surface area (Å²) in [7, 11) is 1.60.